The van der Waals surface area contributed by atoms with Crippen molar-refractivity contribution in [3.8, 4) is 11.5 Å². The molecule has 15 nitrogen and oxygen atoms in total. The summed E-state index contributed by atoms with van der Waals surface area (Å²) in [5, 5.41) is 34.6. The summed E-state index contributed by atoms with van der Waals surface area (Å²) in [6.45, 7) is 1.76. The van der Waals surface area contributed by atoms with E-state index in [1.807, 2.05) is 6.08 Å². The molecule has 0 spiro atoms. The summed E-state index contributed by atoms with van der Waals surface area (Å²) in [6.07, 6.45) is 3.83. The van der Waals surface area contributed by atoms with Gasteiger partial charge >= 0.3 is 11.4 Å². The van der Waals surface area contributed by atoms with Gasteiger partial charge in [0, 0.05) is 44.1 Å². The van der Waals surface area contributed by atoms with Crippen LogP contribution in [0.25, 0.3) is 0 Å². The third-order valence-electron chi connectivity index (χ3n) is 11.6. The lowest BCUT2D eigenvalue weighted by Gasteiger charge is -2.49. The van der Waals surface area contributed by atoms with Crippen LogP contribution in [0.5, 0.6) is 11.5 Å². The van der Waals surface area contributed by atoms with E-state index >= 15 is 0 Å². The van der Waals surface area contributed by atoms with Gasteiger partial charge in [-0.2, -0.15) is 0 Å². The van der Waals surface area contributed by atoms with Crippen LogP contribution >= 0.6 is 0 Å². The molecule has 3 aromatic rings. The molecule has 270 valence electrons. The number of benzene rings is 3. The number of para-hydroxylation sites is 1. The summed E-state index contributed by atoms with van der Waals surface area (Å²) in [7, 11) is 2.83. The Balaban J connectivity index is 1.25. The Labute approximate surface area is 302 Å². The molecule has 6 unspecified atom stereocenters. The molecule has 8 rings (SSSR count). The number of anilines is 3. The number of fused-ring (bicyclic) bond motifs is 5. The lowest BCUT2D eigenvalue weighted by Crippen LogP contribution is -2.51. The molecule has 3 heterocycles. The molecule has 3 aliphatic heterocycles. The van der Waals surface area contributed by atoms with Crippen molar-refractivity contribution in [1.82, 2.24) is 0 Å². The van der Waals surface area contributed by atoms with Gasteiger partial charge in [0.15, 0.2) is 5.69 Å². The predicted molar refractivity (Wildman–Crippen MR) is 189 cm³/mol. The number of aromatic hydroxyl groups is 1. The van der Waals surface area contributed by atoms with E-state index in [1.54, 1.807) is 55.7 Å². The second kappa shape index (κ2) is 11.8. The van der Waals surface area contributed by atoms with Gasteiger partial charge in [-0.25, -0.2) is 9.80 Å². The molecule has 1 N–H and O–H groups in total. The standard InChI is InChI=1S/C38H33N5O10/c1-38-27(35(46)41(37(38)48)21-7-5-4-6-8-21)17-26-24(32(38)20-13-19-14-23(44)9-12-30(19)53-18-20)10-11-25-31(26)36(47)40(34(25)45)22-15-28(42(49)50)33(39(2)3)29(16-22)43(51)52/h4-10,12,14-16,18,25-27,31-32,44H,11,13,17H2,1-3H3. The molecule has 0 bridgehead atoms. The average Bonchev–Trinajstić information content (AvgIpc) is 3.50. The number of phenolic OH excluding ortho intramolecular Hbond substituents is 1. The third-order valence-corrected chi connectivity index (χ3v) is 11.6. The number of amides is 4. The first-order valence-corrected chi connectivity index (χ1v) is 17.1. The zero-order valence-electron chi connectivity index (χ0n) is 28.8. The van der Waals surface area contributed by atoms with Crippen molar-refractivity contribution in [2.45, 2.75) is 26.2 Å². The van der Waals surface area contributed by atoms with Crippen LogP contribution in [0.1, 0.15) is 25.3 Å². The van der Waals surface area contributed by atoms with E-state index in [1.165, 1.54) is 30.0 Å². The fraction of sp³-hybridized carbons (Fsp3) is 0.316. The van der Waals surface area contributed by atoms with Gasteiger partial charge in [-0.05, 0) is 61.6 Å². The van der Waals surface area contributed by atoms with Crippen molar-refractivity contribution < 1.29 is 38.9 Å². The number of hydrogen-bond donors (Lipinski definition) is 1. The zero-order chi connectivity index (χ0) is 37.7. The van der Waals surface area contributed by atoms with Gasteiger partial charge in [0.05, 0.1) is 50.7 Å². The number of rotatable bonds is 6. The number of imide groups is 2. The van der Waals surface area contributed by atoms with Crippen molar-refractivity contribution in [1.29, 1.82) is 0 Å². The number of phenols is 1. The van der Waals surface area contributed by atoms with E-state index in [0.29, 0.717) is 28.1 Å². The molecule has 0 radical (unpaired) electrons. The minimum Gasteiger partial charge on any atom is -0.508 e. The maximum absolute atomic E-state index is 14.7. The van der Waals surface area contributed by atoms with E-state index in [2.05, 4.69) is 0 Å². The van der Waals surface area contributed by atoms with Crippen LogP contribution < -0.4 is 19.4 Å². The number of nitrogens with zero attached hydrogens (tertiary/aromatic N) is 5. The number of nitro groups is 2. The van der Waals surface area contributed by atoms with Crippen LogP contribution in [0.3, 0.4) is 0 Å². The smallest absolute Gasteiger partial charge is 0.301 e. The largest absolute Gasteiger partial charge is 0.508 e. The number of carbonyl (C=O) groups excluding carboxylic acids is 4. The Bertz CT molecular complexity index is 2210. The average molecular weight is 720 g/mol. The van der Waals surface area contributed by atoms with E-state index in [4.69, 9.17) is 4.74 Å². The highest BCUT2D eigenvalue weighted by Crippen LogP contribution is 2.63. The molecule has 3 aromatic carbocycles. The molecule has 15 heteroatoms. The first-order chi connectivity index (χ1) is 25.2. The summed E-state index contributed by atoms with van der Waals surface area (Å²) in [6, 6.07) is 15.3. The topological polar surface area (TPSA) is 194 Å². The number of hydrogen-bond acceptors (Lipinski definition) is 11. The maximum Gasteiger partial charge on any atom is 0.301 e. The highest BCUT2D eigenvalue weighted by atomic mass is 16.6. The van der Waals surface area contributed by atoms with Gasteiger partial charge in [-0.3, -0.25) is 39.4 Å². The molecule has 53 heavy (non-hydrogen) atoms. The molecular weight excluding hydrogens is 686 g/mol. The lowest BCUT2D eigenvalue weighted by molar-refractivity contribution is -0.392. The number of ether oxygens (including phenoxy) is 1. The molecular formula is C38H33N5O10. The van der Waals surface area contributed by atoms with Crippen LogP contribution in [0.15, 0.2) is 84.1 Å². The van der Waals surface area contributed by atoms with Gasteiger partial charge < -0.3 is 14.7 Å². The van der Waals surface area contributed by atoms with E-state index in [-0.39, 0.29) is 36.4 Å². The number of nitro benzene ring substituents is 2. The first kappa shape index (κ1) is 33.7. The van der Waals surface area contributed by atoms with Crippen molar-refractivity contribution in [2.75, 3.05) is 28.8 Å². The van der Waals surface area contributed by atoms with E-state index in [9.17, 15) is 44.5 Å². The maximum atomic E-state index is 14.7. The monoisotopic (exact) mass is 719 g/mol. The molecule has 0 aromatic heterocycles. The van der Waals surface area contributed by atoms with Gasteiger partial charge in [0.2, 0.25) is 23.6 Å². The van der Waals surface area contributed by atoms with Crippen molar-refractivity contribution >= 4 is 52.1 Å². The highest BCUT2D eigenvalue weighted by molar-refractivity contribution is 6.25. The molecule has 3 fully saturated rings. The van der Waals surface area contributed by atoms with Gasteiger partial charge in [0.1, 0.15) is 11.5 Å². The minimum atomic E-state index is -1.32. The Hall–Kier alpha value is -6.38. The summed E-state index contributed by atoms with van der Waals surface area (Å²) in [4.78, 5) is 83.7. The van der Waals surface area contributed by atoms with Crippen molar-refractivity contribution in [3.63, 3.8) is 0 Å². The first-order valence-electron chi connectivity index (χ1n) is 17.1. The van der Waals surface area contributed by atoms with E-state index in [0.717, 1.165) is 17.0 Å². The highest BCUT2D eigenvalue weighted by Gasteiger charge is 2.68. The Morgan fingerprint density at radius 2 is 1.55 bits per heavy atom. The van der Waals surface area contributed by atoms with Crippen molar-refractivity contribution in [3.05, 3.63) is 110 Å². The quantitative estimate of drug-likeness (QED) is 0.155. The molecule has 2 saturated heterocycles. The van der Waals surface area contributed by atoms with Crippen molar-refractivity contribution in [2.24, 2.45) is 35.0 Å². The SMILES string of the molecule is CN(C)c1c([N+](=O)[O-])cc(N2C(=O)C3CC=C4C(CC5C(=O)N(c6ccccc6)C(=O)C5(C)C4C4=COc5ccc(O)cc5C4)C3C2=O)cc1[N+](=O)[O-]. The van der Waals surface area contributed by atoms with E-state index < -0.39 is 79.9 Å². The van der Waals surface area contributed by atoms with Gasteiger partial charge in [0.25, 0.3) is 0 Å². The summed E-state index contributed by atoms with van der Waals surface area (Å²) in [5.74, 6) is -5.96. The molecule has 4 amide bonds. The van der Waals surface area contributed by atoms with Crippen LogP contribution in [0.2, 0.25) is 0 Å². The van der Waals surface area contributed by atoms with Crippen LogP contribution in [-0.2, 0) is 25.6 Å². The Morgan fingerprint density at radius 1 is 0.868 bits per heavy atom. The van der Waals surface area contributed by atoms with Crippen LogP contribution in [0, 0.1) is 55.2 Å². The Morgan fingerprint density at radius 3 is 2.19 bits per heavy atom. The second-order valence-electron chi connectivity index (χ2n) is 14.5. The zero-order valence-corrected chi connectivity index (χ0v) is 28.8. The number of allylic oxidation sites excluding steroid dienone is 3. The third kappa shape index (κ3) is 4.79. The second-order valence-corrected chi connectivity index (χ2v) is 14.5. The summed E-state index contributed by atoms with van der Waals surface area (Å²) < 4.78 is 6.03. The van der Waals surface area contributed by atoms with Crippen LogP contribution in [-0.4, -0.2) is 52.7 Å². The minimum absolute atomic E-state index is 0.0237. The molecule has 1 saturated carbocycles. The number of carbonyl (C=O) groups is 4. The fourth-order valence-electron chi connectivity index (χ4n) is 9.38. The lowest BCUT2D eigenvalue weighted by atomic mass is 9.51. The van der Waals surface area contributed by atoms with Crippen LogP contribution in [0.4, 0.5) is 28.4 Å². The molecule has 2 aliphatic carbocycles. The Kier molecular flexibility index (Phi) is 7.53. The van der Waals surface area contributed by atoms with Gasteiger partial charge in [-0.15, -0.1) is 0 Å². The van der Waals surface area contributed by atoms with Gasteiger partial charge in [-0.1, -0.05) is 29.8 Å². The molecule has 5 aliphatic rings. The fourth-order valence-corrected chi connectivity index (χ4v) is 9.38. The summed E-state index contributed by atoms with van der Waals surface area (Å²) in [5.41, 5.74) is -0.773. The molecule has 6 atom stereocenters. The predicted octanol–water partition coefficient (Wildman–Crippen LogP) is 5.06. The normalized spacial score (nSPS) is 27.3. The summed E-state index contributed by atoms with van der Waals surface area (Å²) >= 11 is 0.